The highest BCUT2D eigenvalue weighted by molar-refractivity contribution is 7.15. The van der Waals surface area contributed by atoms with Crippen LogP contribution >= 0.6 is 11.3 Å². The molecule has 2 heterocycles. The maximum Gasteiger partial charge on any atom is 0.318 e. The van der Waals surface area contributed by atoms with Gasteiger partial charge in [-0.15, -0.1) is 10.2 Å². The fourth-order valence-corrected chi connectivity index (χ4v) is 4.29. The number of urea groups is 1. The van der Waals surface area contributed by atoms with Gasteiger partial charge in [-0.25, -0.2) is 4.79 Å². The molecule has 3 aromatic rings. The number of para-hydroxylation sites is 1. The molecule has 166 valence electrons. The summed E-state index contributed by atoms with van der Waals surface area (Å²) in [4.78, 5) is 29.1. The van der Waals surface area contributed by atoms with Gasteiger partial charge in [0.15, 0.2) is 0 Å². The summed E-state index contributed by atoms with van der Waals surface area (Å²) >= 11 is 1.34. The molecule has 0 bridgehead atoms. The lowest BCUT2D eigenvalue weighted by atomic mass is 10.2. The highest BCUT2D eigenvalue weighted by Gasteiger charge is 2.24. The van der Waals surface area contributed by atoms with E-state index in [-0.39, 0.29) is 11.9 Å². The lowest BCUT2D eigenvalue weighted by molar-refractivity contribution is -0.117. The van der Waals surface area contributed by atoms with E-state index in [2.05, 4.69) is 37.9 Å². The van der Waals surface area contributed by atoms with Crippen LogP contribution in [0.5, 0.6) is 0 Å². The van der Waals surface area contributed by atoms with Crippen molar-refractivity contribution in [1.82, 2.24) is 20.4 Å². The van der Waals surface area contributed by atoms with Gasteiger partial charge in [-0.1, -0.05) is 59.9 Å². The predicted molar refractivity (Wildman–Crippen MR) is 126 cm³/mol. The molecular formula is C23H26N6O2S. The van der Waals surface area contributed by atoms with Crippen LogP contribution in [0.3, 0.4) is 0 Å². The highest BCUT2D eigenvalue weighted by Crippen LogP contribution is 2.19. The topological polar surface area (TPSA) is 90.5 Å². The Labute approximate surface area is 191 Å². The molecular weight excluding hydrogens is 424 g/mol. The number of piperazine rings is 1. The first-order chi connectivity index (χ1) is 15.6. The van der Waals surface area contributed by atoms with Crippen molar-refractivity contribution in [1.29, 1.82) is 0 Å². The first kappa shape index (κ1) is 21.8. The van der Waals surface area contributed by atoms with Crippen LogP contribution in [0.1, 0.15) is 17.5 Å². The fourth-order valence-electron chi connectivity index (χ4n) is 3.51. The second kappa shape index (κ2) is 10.2. The summed E-state index contributed by atoms with van der Waals surface area (Å²) in [5, 5.41) is 15.0. The molecule has 2 aromatic carbocycles. The number of amides is 3. The van der Waals surface area contributed by atoms with E-state index in [0.29, 0.717) is 24.6 Å². The molecule has 0 spiro atoms. The Kier molecular flexibility index (Phi) is 6.96. The summed E-state index contributed by atoms with van der Waals surface area (Å²) in [6.45, 7) is 4.39. The number of carbonyl (C=O) groups is 2. The van der Waals surface area contributed by atoms with Gasteiger partial charge in [-0.05, 0) is 24.6 Å². The zero-order valence-electron chi connectivity index (χ0n) is 17.9. The van der Waals surface area contributed by atoms with Crippen LogP contribution in [0.4, 0.5) is 15.6 Å². The Balaban J connectivity index is 1.24. The number of nitrogens with one attached hydrogen (secondary N) is 2. The molecule has 1 aliphatic rings. The Hall–Kier alpha value is -3.46. The van der Waals surface area contributed by atoms with Crippen LogP contribution in [0.15, 0.2) is 60.7 Å². The van der Waals surface area contributed by atoms with Crippen molar-refractivity contribution < 1.29 is 9.59 Å². The molecule has 1 fully saturated rings. The molecule has 9 heteroatoms. The zero-order chi connectivity index (χ0) is 22.3. The van der Waals surface area contributed by atoms with Gasteiger partial charge in [-0.2, -0.15) is 0 Å². The zero-order valence-corrected chi connectivity index (χ0v) is 18.7. The maximum atomic E-state index is 12.6. The van der Waals surface area contributed by atoms with Crippen molar-refractivity contribution >= 4 is 34.1 Å². The first-order valence-corrected chi connectivity index (χ1v) is 11.4. The highest BCUT2D eigenvalue weighted by atomic mass is 32.1. The number of hydrogen-bond donors (Lipinski definition) is 2. The van der Waals surface area contributed by atoms with Crippen LogP contribution in [0, 0.1) is 0 Å². The number of aromatic nitrogens is 2. The quantitative estimate of drug-likeness (QED) is 0.603. The fraction of sp³-hybridized carbons (Fsp3) is 0.304. The van der Waals surface area contributed by atoms with Crippen LogP contribution < -0.4 is 15.5 Å². The molecule has 1 aliphatic heterocycles. The van der Waals surface area contributed by atoms with Crippen molar-refractivity contribution in [3.8, 4) is 0 Å². The van der Waals surface area contributed by atoms with Gasteiger partial charge in [0, 0.05) is 38.3 Å². The van der Waals surface area contributed by atoms with E-state index < -0.39 is 6.04 Å². The van der Waals surface area contributed by atoms with E-state index in [1.54, 1.807) is 11.8 Å². The van der Waals surface area contributed by atoms with E-state index in [9.17, 15) is 9.59 Å². The summed E-state index contributed by atoms with van der Waals surface area (Å²) in [6, 6.07) is 19.2. The second-order valence-electron chi connectivity index (χ2n) is 7.63. The number of rotatable bonds is 6. The van der Waals surface area contributed by atoms with Crippen LogP contribution in [-0.4, -0.2) is 59.3 Å². The van der Waals surface area contributed by atoms with Gasteiger partial charge in [0.2, 0.25) is 11.0 Å². The van der Waals surface area contributed by atoms with Crippen molar-refractivity contribution in [3.05, 3.63) is 71.2 Å². The van der Waals surface area contributed by atoms with Crippen LogP contribution in [0.2, 0.25) is 0 Å². The van der Waals surface area contributed by atoms with Gasteiger partial charge < -0.3 is 15.1 Å². The summed E-state index contributed by atoms with van der Waals surface area (Å²) in [5.74, 6) is -0.316. The molecule has 1 aromatic heterocycles. The standard InChI is InChI=1S/C23H26N6O2S/c1-17(21(30)25-22-27-26-20(32-22)16-18-8-4-2-5-9-18)24-23(31)29-14-12-28(13-15-29)19-10-6-3-7-11-19/h2-11,17H,12-16H2,1H3,(H,24,31)(H,25,27,30). The third kappa shape index (κ3) is 5.61. The summed E-state index contributed by atoms with van der Waals surface area (Å²) in [6.07, 6.45) is 0.662. The van der Waals surface area contributed by atoms with Crippen LogP contribution in [-0.2, 0) is 11.2 Å². The molecule has 2 N–H and O–H groups in total. The maximum absolute atomic E-state index is 12.6. The Bertz CT molecular complexity index is 1030. The molecule has 8 nitrogen and oxygen atoms in total. The van der Waals surface area contributed by atoms with E-state index in [0.717, 1.165) is 29.3 Å². The third-order valence-electron chi connectivity index (χ3n) is 5.32. The number of carbonyl (C=O) groups excluding carboxylic acids is 2. The summed E-state index contributed by atoms with van der Waals surface area (Å²) in [5.41, 5.74) is 2.29. The Morgan fingerprint density at radius 1 is 0.969 bits per heavy atom. The van der Waals surface area contributed by atoms with Crippen molar-refractivity contribution in [2.75, 3.05) is 36.4 Å². The molecule has 1 unspecified atom stereocenters. The van der Waals surface area contributed by atoms with Crippen molar-refractivity contribution in [2.45, 2.75) is 19.4 Å². The molecule has 1 atom stereocenters. The largest absolute Gasteiger partial charge is 0.368 e. The van der Waals surface area contributed by atoms with Gasteiger partial charge in [0.25, 0.3) is 0 Å². The van der Waals surface area contributed by atoms with E-state index >= 15 is 0 Å². The molecule has 0 saturated carbocycles. The molecule has 1 saturated heterocycles. The lowest BCUT2D eigenvalue weighted by Crippen LogP contribution is -2.54. The van der Waals surface area contributed by atoms with Gasteiger partial charge >= 0.3 is 6.03 Å². The molecule has 0 aliphatic carbocycles. The smallest absolute Gasteiger partial charge is 0.318 e. The number of benzene rings is 2. The third-order valence-corrected chi connectivity index (χ3v) is 6.16. The minimum atomic E-state index is -0.684. The minimum absolute atomic E-state index is 0.234. The molecule has 32 heavy (non-hydrogen) atoms. The predicted octanol–water partition coefficient (Wildman–Crippen LogP) is 2.99. The number of anilines is 2. The number of nitrogens with zero attached hydrogens (tertiary/aromatic N) is 4. The second-order valence-corrected chi connectivity index (χ2v) is 8.70. The van der Waals surface area contributed by atoms with Crippen molar-refractivity contribution in [3.63, 3.8) is 0 Å². The minimum Gasteiger partial charge on any atom is -0.368 e. The lowest BCUT2D eigenvalue weighted by Gasteiger charge is -2.36. The van der Waals surface area contributed by atoms with E-state index in [1.807, 2.05) is 48.5 Å². The molecule has 0 radical (unpaired) electrons. The van der Waals surface area contributed by atoms with Gasteiger partial charge in [0.1, 0.15) is 11.0 Å². The first-order valence-electron chi connectivity index (χ1n) is 10.6. The average Bonchev–Trinajstić information content (AvgIpc) is 3.26. The molecule has 4 rings (SSSR count). The Morgan fingerprint density at radius 2 is 1.62 bits per heavy atom. The SMILES string of the molecule is CC(NC(=O)N1CCN(c2ccccc2)CC1)C(=O)Nc1nnc(Cc2ccccc2)s1. The van der Waals surface area contributed by atoms with Crippen LogP contribution in [0.25, 0.3) is 0 Å². The van der Waals surface area contributed by atoms with E-state index in [1.165, 1.54) is 11.3 Å². The summed E-state index contributed by atoms with van der Waals surface area (Å²) in [7, 11) is 0. The average molecular weight is 451 g/mol. The normalized spacial score (nSPS) is 14.7. The van der Waals surface area contributed by atoms with Gasteiger partial charge in [-0.3, -0.25) is 10.1 Å². The monoisotopic (exact) mass is 450 g/mol. The van der Waals surface area contributed by atoms with E-state index in [4.69, 9.17) is 0 Å². The summed E-state index contributed by atoms with van der Waals surface area (Å²) < 4.78 is 0. The van der Waals surface area contributed by atoms with Gasteiger partial charge in [0.05, 0.1) is 0 Å². The Morgan fingerprint density at radius 3 is 2.31 bits per heavy atom. The number of hydrogen-bond acceptors (Lipinski definition) is 6. The van der Waals surface area contributed by atoms with Crippen molar-refractivity contribution in [2.24, 2.45) is 0 Å². The molecule has 3 amide bonds.